The number of hydrogen-bond acceptors (Lipinski definition) is 5. The van der Waals surface area contributed by atoms with Gasteiger partial charge in [0.25, 0.3) is 0 Å². The van der Waals surface area contributed by atoms with Crippen LogP contribution in [-0.4, -0.2) is 35.5 Å². The number of nitrogens with one attached hydrogen (secondary N) is 1. The lowest BCUT2D eigenvalue weighted by Gasteiger charge is -2.23. The Kier molecular flexibility index (Phi) is 4.86. The van der Waals surface area contributed by atoms with Crippen LogP contribution in [0.5, 0.6) is 5.75 Å². The van der Waals surface area contributed by atoms with E-state index < -0.39 is 0 Å². The minimum atomic E-state index is -0.107. The zero-order chi connectivity index (χ0) is 17.9. The highest BCUT2D eigenvalue weighted by Crippen LogP contribution is 2.32. The third-order valence-electron chi connectivity index (χ3n) is 4.73. The van der Waals surface area contributed by atoms with Gasteiger partial charge in [0.15, 0.2) is 5.13 Å². The van der Waals surface area contributed by atoms with Crippen molar-refractivity contribution in [3.05, 3.63) is 54.1 Å². The van der Waals surface area contributed by atoms with Crippen molar-refractivity contribution in [1.29, 1.82) is 0 Å². The number of para-hydroxylation sites is 1. The number of likely N-dealkylation sites (tertiary alicyclic amines) is 1. The molecule has 1 N–H and O–H groups in total. The summed E-state index contributed by atoms with van der Waals surface area (Å²) >= 11 is 1.48. The fourth-order valence-corrected chi connectivity index (χ4v) is 4.35. The first-order valence-electron chi connectivity index (χ1n) is 8.77. The van der Waals surface area contributed by atoms with Gasteiger partial charge in [-0.2, -0.15) is 0 Å². The molecule has 1 aromatic heterocycles. The van der Waals surface area contributed by atoms with Crippen LogP contribution < -0.4 is 10.1 Å². The zero-order valence-corrected chi connectivity index (χ0v) is 15.5. The van der Waals surface area contributed by atoms with E-state index in [2.05, 4.69) is 27.3 Å². The number of anilines is 1. The Morgan fingerprint density at radius 1 is 1.27 bits per heavy atom. The molecule has 2 aromatic carbocycles. The second kappa shape index (κ2) is 7.43. The molecule has 1 amide bonds. The molecule has 0 radical (unpaired) electrons. The summed E-state index contributed by atoms with van der Waals surface area (Å²) in [5, 5.41) is 3.64. The van der Waals surface area contributed by atoms with E-state index in [1.807, 2.05) is 36.4 Å². The Labute approximate surface area is 156 Å². The maximum Gasteiger partial charge on any atom is 0.243 e. The maximum absolute atomic E-state index is 12.8. The number of methoxy groups -OCH3 is 1. The molecule has 1 unspecified atom stereocenters. The first-order chi connectivity index (χ1) is 12.7. The molecule has 26 heavy (non-hydrogen) atoms. The molecular formula is C20H21N3O2S. The molecule has 3 aromatic rings. The predicted molar refractivity (Wildman–Crippen MR) is 105 cm³/mol. The number of benzene rings is 2. The summed E-state index contributed by atoms with van der Waals surface area (Å²) in [6.45, 7) is 1.74. The third-order valence-corrected chi connectivity index (χ3v) is 5.66. The molecule has 0 aliphatic carbocycles. The number of carbonyl (C=O) groups excluding carboxylic acids is 1. The molecule has 0 bridgehead atoms. The first kappa shape index (κ1) is 17.0. The Balaban J connectivity index is 1.48. The monoisotopic (exact) mass is 367 g/mol. The SMILES string of the molecule is COc1cccc2sc(NC(=O)C3CCCN3Cc3ccccc3)nc12. The van der Waals surface area contributed by atoms with Crippen LogP contribution in [-0.2, 0) is 11.3 Å². The lowest BCUT2D eigenvalue weighted by molar-refractivity contribution is -0.120. The molecule has 5 nitrogen and oxygen atoms in total. The van der Waals surface area contributed by atoms with Crippen molar-refractivity contribution in [1.82, 2.24) is 9.88 Å². The van der Waals surface area contributed by atoms with Gasteiger partial charge < -0.3 is 10.1 Å². The van der Waals surface area contributed by atoms with Gasteiger partial charge in [-0.25, -0.2) is 4.98 Å². The van der Waals surface area contributed by atoms with Crippen molar-refractivity contribution in [3.63, 3.8) is 0 Å². The van der Waals surface area contributed by atoms with E-state index >= 15 is 0 Å². The van der Waals surface area contributed by atoms with Crippen LogP contribution in [0.3, 0.4) is 0 Å². The number of carbonyl (C=O) groups is 1. The van der Waals surface area contributed by atoms with Crippen molar-refractivity contribution >= 4 is 32.6 Å². The minimum Gasteiger partial charge on any atom is -0.494 e. The van der Waals surface area contributed by atoms with Crippen molar-refractivity contribution in [2.24, 2.45) is 0 Å². The average Bonchev–Trinajstić information content (AvgIpc) is 3.28. The van der Waals surface area contributed by atoms with Gasteiger partial charge in [-0.1, -0.05) is 47.7 Å². The van der Waals surface area contributed by atoms with Crippen LogP contribution in [0.25, 0.3) is 10.2 Å². The number of aromatic nitrogens is 1. The van der Waals surface area contributed by atoms with Crippen molar-refractivity contribution in [2.45, 2.75) is 25.4 Å². The Bertz CT molecular complexity index is 910. The smallest absolute Gasteiger partial charge is 0.243 e. The van der Waals surface area contributed by atoms with Gasteiger partial charge in [-0.3, -0.25) is 9.69 Å². The highest BCUT2D eigenvalue weighted by molar-refractivity contribution is 7.22. The lowest BCUT2D eigenvalue weighted by Crippen LogP contribution is -2.39. The lowest BCUT2D eigenvalue weighted by atomic mass is 10.1. The Morgan fingerprint density at radius 2 is 2.12 bits per heavy atom. The van der Waals surface area contributed by atoms with E-state index in [1.165, 1.54) is 16.9 Å². The summed E-state index contributed by atoms with van der Waals surface area (Å²) in [5.41, 5.74) is 2.03. The van der Waals surface area contributed by atoms with Crippen molar-refractivity contribution in [2.75, 3.05) is 19.0 Å². The largest absolute Gasteiger partial charge is 0.494 e. The predicted octanol–water partition coefficient (Wildman–Crippen LogP) is 3.91. The standard InChI is InChI=1S/C20H21N3O2S/c1-25-16-10-5-11-17-18(16)21-20(26-17)22-19(24)15-9-6-12-23(15)13-14-7-3-2-4-8-14/h2-5,7-8,10-11,15H,6,9,12-13H2,1H3,(H,21,22,24). The molecule has 4 rings (SSSR count). The second-order valence-electron chi connectivity index (χ2n) is 6.43. The normalized spacial score (nSPS) is 17.5. The molecule has 1 atom stereocenters. The molecule has 6 heteroatoms. The van der Waals surface area contributed by atoms with Crippen molar-refractivity contribution in [3.8, 4) is 5.75 Å². The highest BCUT2D eigenvalue weighted by Gasteiger charge is 2.31. The van der Waals surface area contributed by atoms with Crippen LogP contribution in [0.15, 0.2) is 48.5 Å². The molecule has 1 aliphatic heterocycles. The van der Waals surface area contributed by atoms with Crippen LogP contribution in [0.4, 0.5) is 5.13 Å². The van der Waals surface area contributed by atoms with E-state index in [0.29, 0.717) is 5.13 Å². The van der Waals surface area contributed by atoms with E-state index in [-0.39, 0.29) is 11.9 Å². The maximum atomic E-state index is 12.8. The number of fused-ring (bicyclic) bond motifs is 1. The number of amides is 1. The van der Waals surface area contributed by atoms with Gasteiger partial charge in [0.2, 0.25) is 5.91 Å². The summed E-state index contributed by atoms with van der Waals surface area (Å²) in [6, 6.07) is 16.0. The number of hydrogen-bond donors (Lipinski definition) is 1. The van der Waals surface area contributed by atoms with E-state index in [1.54, 1.807) is 7.11 Å². The molecule has 0 saturated carbocycles. The van der Waals surface area contributed by atoms with Crippen LogP contribution in [0.2, 0.25) is 0 Å². The van der Waals surface area contributed by atoms with Gasteiger partial charge in [0.05, 0.1) is 17.9 Å². The molecule has 134 valence electrons. The first-order valence-corrected chi connectivity index (χ1v) is 9.58. The molecule has 1 aliphatic rings. The minimum absolute atomic E-state index is 0.0245. The summed E-state index contributed by atoms with van der Waals surface area (Å²) in [7, 11) is 1.63. The molecular weight excluding hydrogens is 346 g/mol. The molecule has 2 heterocycles. The quantitative estimate of drug-likeness (QED) is 0.743. The number of nitrogens with zero attached hydrogens (tertiary/aromatic N) is 2. The van der Waals surface area contributed by atoms with Crippen LogP contribution in [0, 0.1) is 0 Å². The number of thiazole rings is 1. The van der Waals surface area contributed by atoms with Crippen molar-refractivity contribution < 1.29 is 9.53 Å². The van der Waals surface area contributed by atoms with Crippen LogP contribution >= 0.6 is 11.3 Å². The summed E-state index contributed by atoms with van der Waals surface area (Å²) in [6.07, 6.45) is 1.92. The van der Waals surface area contributed by atoms with Gasteiger partial charge in [0, 0.05) is 6.54 Å². The van der Waals surface area contributed by atoms with E-state index in [4.69, 9.17) is 4.74 Å². The molecule has 1 saturated heterocycles. The second-order valence-corrected chi connectivity index (χ2v) is 7.46. The fraction of sp³-hybridized carbons (Fsp3) is 0.300. The van der Waals surface area contributed by atoms with E-state index in [0.717, 1.165) is 41.9 Å². The van der Waals surface area contributed by atoms with Gasteiger partial charge in [-0.15, -0.1) is 0 Å². The summed E-state index contributed by atoms with van der Waals surface area (Å²) in [4.78, 5) is 19.6. The Morgan fingerprint density at radius 3 is 2.92 bits per heavy atom. The number of rotatable bonds is 5. The molecule has 0 spiro atoms. The highest BCUT2D eigenvalue weighted by atomic mass is 32.1. The summed E-state index contributed by atoms with van der Waals surface area (Å²) in [5.74, 6) is 0.752. The zero-order valence-electron chi connectivity index (χ0n) is 14.6. The summed E-state index contributed by atoms with van der Waals surface area (Å²) < 4.78 is 6.36. The van der Waals surface area contributed by atoms with Gasteiger partial charge in [-0.05, 0) is 37.1 Å². The topological polar surface area (TPSA) is 54.5 Å². The van der Waals surface area contributed by atoms with Gasteiger partial charge in [0.1, 0.15) is 11.3 Å². The molecule has 1 fully saturated rings. The third kappa shape index (κ3) is 3.43. The van der Waals surface area contributed by atoms with Gasteiger partial charge >= 0.3 is 0 Å². The van der Waals surface area contributed by atoms with Crippen LogP contribution in [0.1, 0.15) is 18.4 Å². The average molecular weight is 367 g/mol. The van der Waals surface area contributed by atoms with E-state index in [9.17, 15) is 4.79 Å². The Hall–Kier alpha value is -2.44. The fourth-order valence-electron chi connectivity index (χ4n) is 3.46. The number of ether oxygens (including phenoxy) is 1.